The largest absolute Gasteiger partial charge is 0.327 e. The molecule has 2 heteroatoms. The summed E-state index contributed by atoms with van der Waals surface area (Å²) in [5, 5.41) is 3.46. The molecule has 0 aromatic heterocycles. The SMILES string of the molecule is CCCNCCCC1=CC2=CC=C(CN)CC2C=C1. The van der Waals surface area contributed by atoms with E-state index in [1.165, 1.54) is 36.0 Å². The predicted molar refractivity (Wildman–Crippen MR) is 82.9 cm³/mol. The van der Waals surface area contributed by atoms with Crippen LogP contribution in [-0.2, 0) is 0 Å². The molecule has 2 nitrogen and oxygen atoms in total. The van der Waals surface area contributed by atoms with Crippen molar-refractivity contribution in [3.63, 3.8) is 0 Å². The van der Waals surface area contributed by atoms with Gasteiger partial charge in [-0.2, -0.15) is 0 Å². The molecule has 0 amide bonds. The molecular weight excluding hydrogens is 232 g/mol. The van der Waals surface area contributed by atoms with Gasteiger partial charge in [0.15, 0.2) is 0 Å². The fourth-order valence-electron chi connectivity index (χ4n) is 2.67. The van der Waals surface area contributed by atoms with Crippen LogP contribution in [0.1, 0.15) is 32.6 Å². The maximum Gasteiger partial charge on any atom is 0.0140 e. The number of allylic oxidation sites excluding steroid dienone is 7. The minimum atomic E-state index is 0.561. The Labute approximate surface area is 117 Å². The molecule has 0 aliphatic heterocycles. The number of nitrogens with one attached hydrogen (secondary N) is 1. The molecule has 1 atom stereocenters. The van der Waals surface area contributed by atoms with Gasteiger partial charge in [-0.15, -0.1) is 0 Å². The van der Waals surface area contributed by atoms with Gasteiger partial charge >= 0.3 is 0 Å². The van der Waals surface area contributed by atoms with Crippen molar-refractivity contribution in [3.8, 4) is 0 Å². The van der Waals surface area contributed by atoms with Gasteiger partial charge in [0.1, 0.15) is 0 Å². The molecule has 2 rings (SSSR count). The molecule has 1 unspecified atom stereocenters. The number of hydrogen-bond acceptors (Lipinski definition) is 2. The van der Waals surface area contributed by atoms with Crippen LogP contribution in [0.15, 0.2) is 47.1 Å². The van der Waals surface area contributed by atoms with Gasteiger partial charge in [0, 0.05) is 12.5 Å². The van der Waals surface area contributed by atoms with Gasteiger partial charge in [-0.05, 0) is 49.9 Å². The van der Waals surface area contributed by atoms with E-state index in [0.717, 1.165) is 19.5 Å². The lowest BCUT2D eigenvalue weighted by atomic mass is 9.82. The Balaban J connectivity index is 1.84. The molecule has 0 heterocycles. The third kappa shape index (κ3) is 4.19. The first-order valence-electron chi connectivity index (χ1n) is 7.52. The van der Waals surface area contributed by atoms with Crippen LogP contribution in [0, 0.1) is 5.92 Å². The third-order valence-corrected chi connectivity index (χ3v) is 3.82. The molecular formula is C17H26N2. The monoisotopic (exact) mass is 258 g/mol. The highest BCUT2D eigenvalue weighted by Gasteiger charge is 2.17. The van der Waals surface area contributed by atoms with Crippen molar-refractivity contribution < 1.29 is 0 Å². The summed E-state index contributed by atoms with van der Waals surface area (Å²) in [6.07, 6.45) is 16.2. The minimum Gasteiger partial charge on any atom is -0.327 e. The van der Waals surface area contributed by atoms with Gasteiger partial charge in [-0.3, -0.25) is 0 Å². The zero-order chi connectivity index (χ0) is 13.5. The third-order valence-electron chi connectivity index (χ3n) is 3.82. The van der Waals surface area contributed by atoms with E-state index in [1.807, 2.05) is 0 Å². The lowest BCUT2D eigenvalue weighted by Gasteiger charge is -2.24. The second-order valence-electron chi connectivity index (χ2n) is 5.44. The topological polar surface area (TPSA) is 38.0 Å². The standard InChI is InChI=1S/C17H26N2/c1-2-9-19-10-3-4-14-5-7-17-12-15(13-18)6-8-16(17)11-14/h5-8,11,17,19H,2-4,9-10,12-13,18H2,1H3. The van der Waals surface area contributed by atoms with Crippen LogP contribution in [-0.4, -0.2) is 19.6 Å². The molecule has 0 radical (unpaired) electrons. The van der Waals surface area contributed by atoms with Crippen LogP contribution >= 0.6 is 0 Å². The first-order valence-corrected chi connectivity index (χ1v) is 7.52. The van der Waals surface area contributed by atoms with E-state index < -0.39 is 0 Å². The van der Waals surface area contributed by atoms with E-state index in [0.29, 0.717) is 12.5 Å². The zero-order valence-electron chi connectivity index (χ0n) is 12.0. The van der Waals surface area contributed by atoms with Crippen LogP contribution in [0.4, 0.5) is 0 Å². The minimum absolute atomic E-state index is 0.561. The molecule has 0 aromatic carbocycles. The summed E-state index contributed by atoms with van der Waals surface area (Å²) in [5.74, 6) is 0.561. The molecule has 19 heavy (non-hydrogen) atoms. The van der Waals surface area contributed by atoms with E-state index in [1.54, 1.807) is 0 Å². The molecule has 0 aromatic rings. The second kappa shape index (κ2) is 7.46. The predicted octanol–water partition coefficient (Wildman–Crippen LogP) is 3.09. The normalized spacial score (nSPS) is 21.6. The fraction of sp³-hybridized carbons (Fsp3) is 0.529. The average Bonchev–Trinajstić information content (AvgIpc) is 2.46. The van der Waals surface area contributed by atoms with Gasteiger partial charge in [0.25, 0.3) is 0 Å². The quantitative estimate of drug-likeness (QED) is 0.689. The first kappa shape index (κ1) is 14.3. The number of hydrogen-bond donors (Lipinski definition) is 2. The van der Waals surface area contributed by atoms with Crippen LogP contribution in [0.2, 0.25) is 0 Å². The van der Waals surface area contributed by atoms with Gasteiger partial charge in [-0.1, -0.05) is 42.9 Å². The summed E-state index contributed by atoms with van der Waals surface area (Å²) >= 11 is 0. The van der Waals surface area contributed by atoms with Crippen molar-refractivity contribution in [2.45, 2.75) is 32.6 Å². The van der Waals surface area contributed by atoms with E-state index in [2.05, 4.69) is 42.6 Å². The summed E-state index contributed by atoms with van der Waals surface area (Å²) in [6.45, 7) is 5.15. The molecule has 0 spiro atoms. The van der Waals surface area contributed by atoms with Crippen LogP contribution < -0.4 is 11.1 Å². The highest BCUT2D eigenvalue weighted by Crippen LogP contribution is 2.32. The van der Waals surface area contributed by atoms with Gasteiger partial charge in [-0.25, -0.2) is 0 Å². The van der Waals surface area contributed by atoms with E-state index in [9.17, 15) is 0 Å². The summed E-state index contributed by atoms with van der Waals surface area (Å²) < 4.78 is 0. The van der Waals surface area contributed by atoms with Crippen LogP contribution in [0.5, 0.6) is 0 Å². The van der Waals surface area contributed by atoms with Crippen molar-refractivity contribution in [3.05, 3.63) is 47.1 Å². The summed E-state index contributed by atoms with van der Waals surface area (Å²) in [7, 11) is 0. The highest BCUT2D eigenvalue weighted by atomic mass is 14.8. The Morgan fingerprint density at radius 2 is 2.21 bits per heavy atom. The summed E-state index contributed by atoms with van der Waals surface area (Å²) in [5.41, 5.74) is 9.99. The molecule has 104 valence electrons. The zero-order valence-corrected chi connectivity index (χ0v) is 12.0. The van der Waals surface area contributed by atoms with Crippen molar-refractivity contribution >= 4 is 0 Å². The van der Waals surface area contributed by atoms with Crippen molar-refractivity contribution in [2.75, 3.05) is 19.6 Å². The van der Waals surface area contributed by atoms with Gasteiger partial charge < -0.3 is 11.1 Å². The summed E-state index contributed by atoms with van der Waals surface area (Å²) in [6, 6.07) is 0. The van der Waals surface area contributed by atoms with Crippen LogP contribution in [0.25, 0.3) is 0 Å². The molecule has 3 N–H and O–H groups in total. The number of fused-ring (bicyclic) bond motifs is 1. The van der Waals surface area contributed by atoms with Crippen molar-refractivity contribution in [1.82, 2.24) is 5.32 Å². The van der Waals surface area contributed by atoms with Gasteiger partial charge in [0.2, 0.25) is 0 Å². The Bertz CT molecular complexity index is 413. The summed E-state index contributed by atoms with van der Waals surface area (Å²) in [4.78, 5) is 0. The molecule has 2 aliphatic rings. The maximum atomic E-state index is 5.71. The Morgan fingerprint density at radius 1 is 1.32 bits per heavy atom. The lowest BCUT2D eigenvalue weighted by Crippen LogP contribution is -2.16. The van der Waals surface area contributed by atoms with E-state index >= 15 is 0 Å². The highest BCUT2D eigenvalue weighted by molar-refractivity contribution is 5.44. The van der Waals surface area contributed by atoms with E-state index in [-0.39, 0.29) is 0 Å². The van der Waals surface area contributed by atoms with Crippen molar-refractivity contribution in [2.24, 2.45) is 11.7 Å². The Morgan fingerprint density at radius 3 is 3.00 bits per heavy atom. The second-order valence-corrected chi connectivity index (χ2v) is 5.44. The molecule has 0 fully saturated rings. The van der Waals surface area contributed by atoms with E-state index in [4.69, 9.17) is 5.73 Å². The number of nitrogens with two attached hydrogens (primary N) is 1. The average molecular weight is 258 g/mol. The lowest BCUT2D eigenvalue weighted by molar-refractivity contribution is 0.638. The maximum absolute atomic E-state index is 5.71. The Kier molecular flexibility index (Phi) is 5.62. The first-order chi connectivity index (χ1) is 9.33. The molecule has 2 aliphatic carbocycles. The molecule has 0 saturated carbocycles. The Hall–Kier alpha value is -1.12. The van der Waals surface area contributed by atoms with Crippen molar-refractivity contribution in [1.29, 1.82) is 0 Å². The number of rotatable bonds is 7. The fourth-order valence-corrected chi connectivity index (χ4v) is 2.67. The molecule has 0 saturated heterocycles. The van der Waals surface area contributed by atoms with Crippen LogP contribution in [0.3, 0.4) is 0 Å². The van der Waals surface area contributed by atoms with Gasteiger partial charge in [0.05, 0.1) is 0 Å². The molecule has 0 bridgehead atoms. The smallest absolute Gasteiger partial charge is 0.0140 e.